The molecular weight excluding hydrogens is 268 g/mol. The molecule has 3 unspecified atom stereocenters. The molecule has 0 spiro atoms. The van der Waals surface area contributed by atoms with Gasteiger partial charge in [0.15, 0.2) is 0 Å². The second-order valence-corrected chi connectivity index (χ2v) is 6.67. The van der Waals surface area contributed by atoms with Crippen molar-refractivity contribution in [2.45, 2.75) is 46.1 Å². The number of hydrogen-bond donors (Lipinski definition) is 1. The van der Waals surface area contributed by atoms with Gasteiger partial charge < -0.3 is 10.5 Å². The van der Waals surface area contributed by atoms with E-state index in [4.69, 9.17) is 22.7 Å². The molecule has 1 aromatic rings. The average Bonchev–Trinajstić information content (AvgIpc) is 2.38. The van der Waals surface area contributed by atoms with Crippen molar-refractivity contribution in [1.82, 2.24) is 4.98 Å². The van der Waals surface area contributed by atoms with Gasteiger partial charge in [-0.15, -0.1) is 0 Å². The van der Waals surface area contributed by atoms with Crippen LogP contribution in [0.15, 0.2) is 18.3 Å². The fourth-order valence-corrected chi connectivity index (χ4v) is 3.16. The molecule has 2 N–H and O–H groups in total. The minimum Gasteiger partial charge on any atom is -0.474 e. The third-order valence-corrected chi connectivity index (χ3v) is 4.49. The highest BCUT2D eigenvalue weighted by Crippen LogP contribution is 2.35. The Bertz CT molecular complexity index is 475. The molecule has 1 aliphatic carbocycles. The van der Waals surface area contributed by atoms with Gasteiger partial charge in [0.1, 0.15) is 11.1 Å². The van der Waals surface area contributed by atoms with Crippen molar-refractivity contribution in [3.05, 3.63) is 23.9 Å². The summed E-state index contributed by atoms with van der Waals surface area (Å²) in [5.41, 5.74) is 6.48. The Morgan fingerprint density at radius 3 is 2.85 bits per heavy atom. The number of aromatic nitrogens is 1. The lowest BCUT2D eigenvalue weighted by atomic mass is 9.75. The molecule has 1 heterocycles. The lowest BCUT2D eigenvalue weighted by Crippen LogP contribution is -2.36. The van der Waals surface area contributed by atoms with Crippen LogP contribution in [0.25, 0.3) is 0 Å². The van der Waals surface area contributed by atoms with Crippen molar-refractivity contribution in [3.8, 4) is 5.88 Å². The van der Waals surface area contributed by atoms with Gasteiger partial charge in [0, 0.05) is 17.8 Å². The van der Waals surface area contributed by atoms with Crippen molar-refractivity contribution in [2.24, 2.45) is 23.5 Å². The molecule has 1 saturated carbocycles. The lowest BCUT2D eigenvalue weighted by Gasteiger charge is -2.37. The Hall–Kier alpha value is -1.16. The second-order valence-electron chi connectivity index (χ2n) is 6.23. The number of hydrogen-bond acceptors (Lipinski definition) is 3. The van der Waals surface area contributed by atoms with Crippen molar-refractivity contribution in [1.29, 1.82) is 0 Å². The summed E-state index contributed by atoms with van der Waals surface area (Å²) >= 11 is 5.00. The second kappa shape index (κ2) is 6.53. The maximum Gasteiger partial charge on any atom is 0.214 e. The van der Waals surface area contributed by atoms with Crippen LogP contribution in [0, 0.1) is 17.8 Å². The van der Waals surface area contributed by atoms with Gasteiger partial charge in [-0.25, -0.2) is 4.98 Å². The molecule has 3 nitrogen and oxygen atoms in total. The van der Waals surface area contributed by atoms with Gasteiger partial charge in [-0.3, -0.25) is 0 Å². The minimum absolute atomic E-state index is 0.243. The highest BCUT2D eigenvalue weighted by molar-refractivity contribution is 7.80. The normalized spacial score (nSPS) is 26.5. The number of nitrogens with zero attached hydrogens (tertiary/aromatic N) is 1. The summed E-state index contributed by atoms with van der Waals surface area (Å²) in [6.07, 6.45) is 5.58. The Balaban J connectivity index is 2.13. The zero-order valence-electron chi connectivity index (χ0n) is 12.5. The number of nitrogens with two attached hydrogens (primary N) is 1. The molecule has 3 atom stereocenters. The van der Waals surface area contributed by atoms with E-state index in [-0.39, 0.29) is 6.10 Å². The van der Waals surface area contributed by atoms with Crippen LogP contribution in [0.2, 0.25) is 0 Å². The molecule has 0 saturated heterocycles. The van der Waals surface area contributed by atoms with E-state index < -0.39 is 0 Å². The summed E-state index contributed by atoms with van der Waals surface area (Å²) in [4.78, 5) is 4.68. The van der Waals surface area contributed by atoms with Crippen LogP contribution in [-0.4, -0.2) is 16.1 Å². The van der Waals surface area contributed by atoms with E-state index in [0.717, 1.165) is 12.0 Å². The van der Waals surface area contributed by atoms with E-state index in [9.17, 15) is 0 Å². The first-order valence-corrected chi connectivity index (χ1v) is 7.80. The predicted molar refractivity (Wildman–Crippen MR) is 85.9 cm³/mol. The summed E-state index contributed by atoms with van der Waals surface area (Å²) in [7, 11) is 0. The van der Waals surface area contributed by atoms with Crippen LogP contribution in [0.4, 0.5) is 0 Å². The smallest absolute Gasteiger partial charge is 0.214 e. The fourth-order valence-electron chi connectivity index (χ4n) is 3.03. The molecule has 4 heteroatoms. The lowest BCUT2D eigenvalue weighted by molar-refractivity contribution is 0.0426. The molecule has 1 aliphatic rings. The summed E-state index contributed by atoms with van der Waals surface area (Å²) < 4.78 is 6.16. The van der Waals surface area contributed by atoms with Gasteiger partial charge in [-0.2, -0.15) is 0 Å². The van der Waals surface area contributed by atoms with Crippen LogP contribution >= 0.6 is 12.2 Å². The van der Waals surface area contributed by atoms with Crippen LogP contribution < -0.4 is 10.5 Å². The molecule has 0 amide bonds. The average molecular weight is 292 g/mol. The quantitative estimate of drug-likeness (QED) is 0.862. The van der Waals surface area contributed by atoms with Crippen LogP contribution in [-0.2, 0) is 0 Å². The van der Waals surface area contributed by atoms with Crippen molar-refractivity contribution in [2.75, 3.05) is 0 Å². The number of thiocarbonyl (C=S) groups is 1. The molecule has 0 aromatic carbocycles. The van der Waals surface area contributed by atoms with Gasteiger partial charge in [0.2, 0.25) is 5.88 Å². The molecule has 1 aromatic heterocycles. The zero-order chi connectivity index (χ0) is 14.7. The third kappa shape index (κ3) is 3.69. The van der Waals surface area contributed by atoms with Crippen molar-refractivity contribution < 1.29 is 4.74 Å². The maximum atomic E-state index is 6.16. The van der Waals surface area contributed by atoms with E-state index in [0.29, 0.717) is 28.6 Å². The molecule has 0 aliphatic heterocycles. The van der Waals surface area contributed by atoms with Gasteiger partial charge >= 0.3 is 0 Å². The predicted octanol–water partition coefficient (Wildman–Crippen LogP) is 3.56. The van der Waals surface area contributed by atoms with E-state index in [1.165, 1.54) is 12.8 Å². The maximum absolute atomic E-state index is 6.16. The number of rotatable bonds is 4. The first-order valence-electron chi connectivity index (χ1n) is 7.40. The van der Waals surface area contributed by atoms with Gasteiger partial charge in [0.05, 0.1) is 0 Å². The summed E-state index contributed by atoms with van der Waals surface area (Å²) in [5.74, 6) is 2.58. The Morgan fingerprint density at radius 1 is 1.45 bits per heavy atom. The first kappa shape index (κ1) is 15.2. The Kier molecular flexibility index (Phi) is 4.97. The summed E-state index contributed by atoms with van der Waals surface area (Å²) in [6.45, 7) is 6.84. The SMILES string of the molecule is CC1CCC(C(C)C)C(Oc2cc(C(N)=S)ccn2)C1. The molecule has 0 radical (unpaired) electrons. The Labute approximate surface area is 126 Å². The van der Waals surface area contributed by atoms with E-state index >= 15 is 0 Å². The standard InChI is InChI=1S/C16H24N2OS/c1-10(2)13-5-4-11(3)8-14(13)19-15-9-12(16(17)20)6-7-18-15/h6-7,9-11,13-14H,4-5,8H2,1-3H3,(H2,17,20). The highest BCUT2D eigenvalue weighted by atomic mass is 32.1. The van der Waals surface area contributed by atoms with Gasteiger partial charge in [0.25, 0.3) is 0 Å². The fraction of sp³-hybridized carbons (Fsp3) is 0.625. The van der Waals surface area contributed by atoms with Gasteiger partial charge in [-0.05, 0) is 36.7 Å². The topological polar surface area (TPSA) is 48.1 Å². The van der Waals surface area contributed by atoms with Gasteiger partial charge in [-0.1, -0.05) is 39.4 Å². The van der Waals surface area contributed by atoms with Crippen molar-refractivity contribution in [3.63, 3.8) is 0 Å². The highest BCUT2D eigenvalue weighted by Gasteiger charge is 2.32. The minimum atomic E-state index is 0.243. The molecule has 1 fully saturated rings. The van der Waals surface area contributed by atoms with Crippen LogP contribution in [0.5, 0.6) is 5.88 Å². The van der Waals surface area contributed by atoms with Crippen molar-refractivity contribution >= 4 is 17.2 Å². The third-order valence-electron chi connectivity index (χ3n) is 4.25. The Morgan fingerprint density at radius 2 is 2.20 bits per heavy atom. The first-order chi connectivity index (χ1) is 9.47. The monoisotopic (exact) mass is 292 g/mol. The zero-order valence-corrected chi connectivity index (χ0v) is 13.3. The molecule has 0 bridgehead atoms. The molecular formula is C16H24N2OS. The van der Waals surface area contributed by atoms with E-state index in [1.807, 2.05) is 12.1 Å². The molecule has 110 valence electrons. The largest absolute Gasteiger partial charge is 0.474 e. The summed E-state index contributed by atoms with van der Waals surface area (Å²) in [5, 5.41) is 0. The van der Waals surface area contributed by atoms with E-state index in [2.05, 4.69) is 25.8 Å². The van der Waals surface area contributed by atoms with Crippen LogP contribution in [0.1, 0.15) is 45.6 Å². The molecule has 20 heavy (non-hydrogen) atoms. The molecule has 2 rings (SSSR count). The number of ether oxygens (including phenoxy) is 1. The summed E-state index contributed by atoms with van der Waals surface area (Å²) in [6, 6.07) is 3.66. The van der Waals surface area contributed by atoms with E-state index in [1.54, 1.807) is 6.20 Å². The van der Waals surface area contributed by atoms with Crippen LogP contribution in [0.3, 0.4) is 0 Å². The number of pyridine rings is 1.